The third kappa shape index (κ3) is 6.69. The van der Waals surface area contributed by atoms with Gasteiger partial charge >= 0.3 is 0 Å². The van der Waals surface area contributed by atoms with Crippen LogP contribution in [-0.2, 0) is 0 Å². The van der Waals surface area contributed by atoms with Gasteiger partial charge in [-0.25, -0.2) is 0 Å². The van der Waals surface area contributed by atoms with Crippen LogP contribution in [0.3, 0.4) is 0 Å². The molecule has 0 amide bonds. The maximum Gasteiger partial charge on any atom is 0.0585 e. The summed E-state index contributed by atoms with van der Waals surface area (Å²) in [6.45, 7) is 10.4. The molecule has 4 heteroatoms. The fourth-order valence-corrected chi connectivity index (χ4v) is 2.51. The number of hydrogen-bond donors (Lipinski definition) is 2. The second kappa shape index (κ2) is 8.86. The Hall–Kier alpha value is -0.160. The van der Waals surface area contributed by atoms with Crippen molar-refractivity contribution in [2.24, 2.45) is 0 Å². The van der Waals surface area contributed by atoms with Gasteiger partial charge in [0.05, 0.1) is 6.61 Å². The van der Waals surface area contributed by atoms with E-state index in [-0.39, 0.29) is 12.6 Å². The first-order valence-electron chi connectivity index (χ1n) is 7.39. The monoisotopic (exact) mass is 257 g/mol. The molecule has 2 N–H and O–H groups in total. The molecule has 0 bridgehead atoms. The topological polar surface area (TPSA) is 38.7 Å². The lowest BCUT2D eigenvalue weighted by molar-refractivity contribution is 0.202. The van der Waals surface area contributed by atoms with Gasteiger partial charge in [0, 0.05) is 25.2 Å². The summed E-state index contributed by atoms with van der Waals surface area (Å²) in [5.41, 5.74) is 0. The van der Waals surface area contributed by atoms with Gasteiger partial charge in [0.2, 0.25) is 0 Å². The largest absolute Gasteiger partial charge is 0.395 e. The van der Waals surface area contributed by atoms with E-state index in [4.69, 9.17) is 0 Å². The minimum Gasteiger partial charge on any atom is -0.395 e. The summed E-state index contributed by atoms with van der Waals surface area (Å²) in [5.74, 6) is 0. The van der Waals surface area contributed by atoms with Crippen molar-refractivity contribution in [3.63, 3.8) is 0 Å². The van der Waals surface area contributed by atoms with Gasteiger partial charge in [0.1, 0.15) is 0 Å². The number of nitrogens with one attached hydrogen (secondary N) is 1. The fourth-order valence-electron chi connectivity index (χ4n) is 2.51. The molecule has 1 atom stereocenters. The van der Waals surface area contributed by atoms with Crippen LogP contribution in [0.15, 0.2) is 0 Å². The van der Waals surface area contributed by atoms with Crippen LogP contribution in [0.1, 0.15) is 33.1 Å². The van der Waals surface area contributed by atoms with Gasteiger partial charge in [-0.3, -0.25) is 0 Å². The third-order valence-electron chi connectivity index (χ3n) is 3.65. The molecule has 1 aliphatic rings. The molecule has 0 aromatic rings. The van der Waals surface area contributed by atoms with Crippen molar-refractivity contribution in [1.29, 1.82) is 0 Å². The van der Waals surface area contributed by atoms with E-state index in [0.29, 0.717) is 6.04 Å². The Morgan fingerprint density at radius 3 is 2.44 bits per heavy atom. The van der Waals surface area contributed by atoms with E-state index < -0.39 is 0 Å². The zero-order valence-electron chi connectivity index (χ0n) is 12.4. The molecule has 0 aliphatic carbocycles. The number of aliphatic hydroxyl groups is 1. The first-order chi connectivity index (χ1) is 8.61. The first-order valence-corrected chi connectivity index (χ1v) is 7.39. The van der Waals surface area contributed by atoms with Crippen LogP contribution >= 0.6 is 0 Å². The molecule has 1 rings (SSSR count). The molecule has 1 saturated heterocycles. The highest BCUT2D eigenvalue weighted by atomic mass is 16.3. The first kappa shape index (κ1) is 15.9. The molecular weight excluding hydrogens is 226 g/mol. The quantitative estimate of drug-likeness (QED) is 0.640. The highest BCUT2D eigenvalue weighted by Crippen LogP contribution is 2.06. The Morgan fingerprint density at radius 2 is 1.89 bits per heavy atom. The summed E-state index contributed by atoms with van der Waals surface area (Å²) in [4.78, 5) is 4.93. The van der Waals surface area contributed by atoms with Gasteiger partial charge in [0.25, 0.3) is 0 Å². The van der Waals surface area contributed by atoms with Crippen LogP contribution in [0.4, 0.5) is 0 Å². The zero-order valence-corrected chi connectivity index (χ0v) is 12.4. The van der Waals surface area contributed by atoms with Crippen molar-refractivity contribution >= 4 is 0 Å². The van der Waals surface area contributed by atoms with Crippen LogP contribution in [-0.4, -0.2) is 73.4 Å². The number of rotatable bonds is 9. The van der Waals surface area contributed by atoms with E-state index in [1.54, 1.807) is 0 Å². The van der Waals surface area contributed by atoms with E-state index in [1.165, 1.54) is 32.5 Å². The van der Waals surface area contributed by atoms with E-state index in [9.17, 15) is 5.11 Å². The normalized spacial score (nSPS) is 19.0. The maximum atomic E-state index is 9.30. The van der Waals surface area contributed by atoms with Crippen molar-refractivity contribution in [2.75, 3.05) is 46.4 Å². The number of aliphatic hydroxyl groups excluding tert-OH is 1. The summed E-state index contributed by atoms with van der Waals surface area (Å²) < 4.78 is 0. The van der Waals surface area contributed by atoms with Crippen molar-refractivity contribution in [3.8, 4) is 0 Å². The molecule has 0 saturated carbocycles. The Kier molecular flexibility index (Phi) is 7.82. The third-order valence-corrected chi connectivity index (χ3v) is 3.65. The SMILES string of the molecule is CC(C)NC(CO)CCN(C)CCN1CCCC1. The molecule has 1 aliphatic heterocycles. The summed E-state index contributed by atoms with van der Waals surface area (Å²) in [6, 6.07) is 0.677. The lowest BCUT2D eigenvalue weighted by Gasteiger charge is -2.24. The molecular formula is C14H31N3O. The smallest absolute Gasteiger partial charge is 0.0585 e. The van der Waals surface area contributed by atoms with Crippen molar-refractivity contribution < 1.29 is 5.11 Å². The lowest BCUT2D eigenvalue weighted by atomic mass is 10.2. The van der Waals surface area contributed by atoms with Crippen molar-refractivity contribution in [1.82, 2.24) is 15.1 Å². The van der Waals surface area contributed by atoms with Gasteiger partial charge in [-0.1, -0.05) is 13.8 Å². The molecule has 18 heavy (non-hydrogen) atoms. The second-order valence-corrected chi connectivity index (χ2v) is 5.84. The average molecular weight is 257 g/mol. The van der Waals surface area contributed by atoms with Crippen molar-refractivity contribution in [2.45, 2.75) is 45.2 Å². The lowest BCUT2D eigenvalue weighted by Crippen LogP contribution is -2.40. The summed E-state index contributed by atoms with van der Waals surface area (Å²) in [6.07, 6.45) is 3.76. The van der Waals surface area contributed by atoms with Gasteiger partial charge in [-0.15, -0.1) is 0 Å². The zero-order chi connectivity index (χ0) is 13.4. The average Bonchev–Trinajstić information content (AvgIpc) is 2.84. The van der Waals surface area contributed by atoms with E-state index in [0.717, 1.165) is 19.5 Å². The highest BCUT2D eigenvalue weighted by Gasteiger charge is 2.13. The fraction of sp³-hybridized carbons (Fsp3) is 1.00. The van der Waals surface area contributed by atoms with Gasteiger partial charge in [-0.2, -0.15) is 0 Å². The van der Waals surface area contributed by atoms with Crippen molar-refractivity contribution in [3.05, 3.63) is 0 Å². The number of nitrogens with zero attached hydrogens (tertiary/aromatic N) is 2. The van der Waals surface area contributed by atoms with Crippen LogP contribution < -0.4 is 5.32 Å². The summed E-state index contributed by atoms with van der Waals surface area (Å²) in [5, 5.41) is 12.7. The van der Waals surface area contributed by atoms with E-state index in [2.05, 4.69) is 36.0 Å². The second-order valence-electron chi connectivity index (χ2n) is 5.84. The van der Waals surface area contributed by atoms with Gasteiger partial charge < -0.3 is 20.2 Å². The minimum atomic E-state index is 0.234. The summed E-state index contributed by atoms with van der Waals surface area (Å²) in [7, 11) is 2.18. The molecule has 0 aromatic carbocycles. The van der Waals surface area contributed by atoms with E-state index in [1.807, 2.05) is 0 Å². The number of likely N-dealkylation sites (N-methyl/N-ethyl adjacent to an activating group) is 1. The molecule has 1 unspecified atom stereocenters. The van der Waals surface area contributed by atoms with E-state index >= 15 is 0 Å². The standard InChI is InChI=1S/C14H31N3O/c1-13(2)15-14(12-18)6-9-16(3)10-11-17-7-4-5-8-17/h13-15,18H,4-12H2,1-3H3. The Balaban J connectivity index is 2.08. The molecule has 108 valence electrons. The number of likely N-dealkylation sites (tertiary alicyclic amines) is 1. The predicted octanol–water partition coefficient (Wildman–Crippen LogP) is 0.763. The van der Waals surface area contributed by atoms with Gasteiger partial charge in [0.15, 0.2) is 0 Å². The van der Waals surface area contributed by atoms with Crippen LogP contribution in [0.2, 0.25) is 0 Å². The molecule has 1 heterocycles. The Labute approximate surface area is 112 Å². The summed E-state index contributed by atoms with van der Waals surface area (Å²) >= 11 is 0. The minimum absolute atomic E-state index is 0.234. The molecule has 0 radical (unpaired) electrons. The maximum absolute atomic E-state index is 9.30. The highest BCUT2D eigenvalue weighted by molar-refractivity contribution is 4.71. The van der Waals surface area contributed by atoms with Crippen LogP contribution in [0.25, 0.3) is 0 Å². The molecule has 0 aromatic heterocycles. The molecule has 1 fully saturated rings. The van der Waals surface area contributed by atoms with Crippen LogP contribution in [0, 0.1) is 0 Å². The predicted molar refractivity (Wildman–Crippen MR) is 76.9 cm³/mol. The Morgan fingerprint density at radius 1 is 1.22 bits per heavy atom. The van der Waals surface area contributed by atoms with Crippen LogP contribution in [0.5, 0.6) is 0 Å². The molecule has 4 nitrogen and oxygen atoms in total. The Bertz CT molecular complexity index is 205. The number of hydrogen-bond acceptors (Lipinski definition) is 4. The molecule has 0 spiro atoms. The van der Waals surface area contributed by atoms with Gasteiger partial charge in [-0.05, 0) is 45.9 Å².